The van der Waals surface area contributed by atoms with Gasteiger partial charge in [-0.1, -0.05) is 6.92 Å². The number of aryl methyl sites for hydroxylation is 1. The van der Waals surface area contributed by atoms with E-state index in [0.29, 0.717) is 0 Å². The number of nitrogens with one attached hydrogen (secondary N) is 1. The smallest absolute Gasteiger partial charge is 0.123 e. The Bertz CT molecular complexity index is 485. The van der Waals surface area contributed by atoms with E-state index in [9.17, 15) is 0 Å². The second kappa shape index (κ2) is 5.19. The van der Waals surface area contributed by atoms with Gasteiger partial charge in [-0.3, -0.25) is 0 Å². The van der Waals surface area contributed by atoms with Crippen LogP contribution >= 0.6 is 0 Å². The first kappa shape index (κ1) is 11.9. The molecule has 2 aromatic heterocycles. The summed E-state index contributed by atoms with van der Waals surface area (Å²) in [6, 6.07) is 4.05. The molecule has 0 atom stereocenters. The molecule has 0 spiro atoms. The third-order valence-corrected chi connectivity index (χ3v) is 2.94. The fraction of sp³-hybridized carbons (Fsp3) is 0.462. The van der Waals surface area contributed by atoms with Gasteiger partial charge in [-0.2, -0.15) is 0 Å². The van der Waals surface area contributed by atoms with Gasteiger partial charge < -0.3 is 14.3 Å². The van der Waals surface area contributed by atoms with Crippen molar-refractivity contribution < 1.29 is 4.42 Å². The molecule has 4 heteroatoms. The molecule has 2 heterocycles. The van der Waals surface area contributed by atoms with E-state index in [1.54, 1.807) is 0 Å². The minimum atomic E-state index is 0.749. The average molecular weight is 233 g/mol. The van der Waals surface area contributed by atoms with Gasteiger partial charge >= 0.3 is 0 Å². The minimum Gasteiger partial charge on any atom is -0.463 e. The van der Waals surface area contributed by atoms with Crippen molar-refractivity contribution in [1.82, 2.24) is 14.9 Å². The molecule has 17 heavy (non-hydrogen) atoms. The number of aromatic nitrogens is 2. The lowest BCUT2D eigenvalue weighted by atomic mass is 10.3. The molecule has 0 bridgehead atoms. The molecule has 0 aliphatic rings. The normalized spacial score (nSPS) is 11.0. The molecule has 1 N–H and O–H groups in total. The molecule has 0 aromatic carbocycles. The second-order valence-corrected chi connectivity index (χ2v) is 4.19. The molecule has 0 fully saturated rings. The third kappa shape index (κ3) is 2.77. The topological polar surface area (TPSA) is 43.0 Å². The number of furan rings is 1. The van der Waals surface area contributed by atoms with Crippen LogP contribution in [0.25, 0.3) is 0 Å². The zero-order chi connectivity index (χ0) is 12.3. The zero-order valence-electron chi connectivity index (χ0n) is 10.7. The van der Waals surface area contributed by atoms with Crippen LogP contribution in [0.15, 0.2) is 22.9 Å². The van der Waals surface area contributed by atoms with Gasteiger partial charge in [0.15, 0.2) is 0 Å². The number of nitrogens with zero attached hydrogens (tertiary/aromatic N) is 2. The maximum atomic E-state index is 5.74. The first-order valence-corrected chi connectivity index (χ1v) is 5.97. The maximum absolute atomic E-state index is 5.74. The minimum absolute atomic E-state index is 0.749. The van der Waals surface area contributed by atoms with Gasteiger partial charge in [0.2, 0.25) is 0 Å². The molecule has 0 amide bonds. The molecule has 4 nitrogen and oxygen atoms in total. The van der Waals surface area contributed by atoms with E-state index in [1.807, 2.05) is 25.4 Å². The van der Waals surface area contributed by atoms with Crippen LogP contribution in [0.5, 0.6) is 0 Å². The van der Waals surface area contributed by atoms with Crippen molar-refractivity contribution in [3.8, 4) is 0 Å². The summed E-state index contributed by atoms with van der Waals surface area (Å²) in [5.74, 6) is 1.95. The molecule has 0 saturated carbocycles. The lowest BCUT2D eigenvalue weighted by Crippen LogP contribution is -2.10. The molecule has 0 radical (unpaired) electrons. The van der Waals surface area contributed by atoms with Crippen molar-refractivity contribution in [3.05, 3.63) is 41.4 Å². The summed E-state index contributed by atoms with van der Waals surface area (Å²) in [6.45, 7) is 8.67. The first-order chi connectivity index (χ1) is 8.20. The molecule has 92 valence electrons. The molecule has 0 aliphatic heterocycles. The van der Waals surface area contributed by atoms with Gasteiger partial charge in [0.05, 0.1) is 25.1 Å². The van der Waals surface area contributed by atoms with Crippen molar-refractivity contribution in [3.63, 3.8) is 0 Å². The molecule has 0 saturated heterocycles. The van der Waals surface area contributed by atoms with Crippen molar-refractivity contribution in [2.24, 2.45) is 0 Å². The number of hydrogen-bond acceptors (Lipinski definition) is 3. The van der Waals surface area contributed by atoms with Gasteiger partial charge in [-0.25, -0.2) is 4.98 Å². The standard InChI is InChI=1S/C13H19N3O/c1-4-14-7-12-5-6-13(17-12)8-16-9-15-10(2)11(16)3/h5-6,9,14H,4,7-8H2,1-3H3. The van der Waals surface area contributed by atoms with Crippen molar-refractivity contribution >= 4 is 0 Å². The number of hydrogen-bond donors (Lipinski definition) is 1. The Morgan fingerprint density at radius 1 is 1.29 bits per heavy atom. The SMILES string of the molecule is CCNCc1ccc(Cn2cnc(C)c2C)o1. The predicted octanol–water partition coefficient (Wildman–Crippen LogP) is 2.25. The predicted molar refractivity (Wildman–Crippen MR) is 66.9 cm³/mol. The van der Waals surface area contributed by atoms with Gasteiger partial charge in [0.25, 0.3) is 0 Å². The van der Waals surface area contributed by atoms with E-state index in [-0.39, 0.29) is 0 Å². The Morgan fingerprint density at radius 2 is 2.06 bits per heavy atom. The van der Waals surface area contributed by atoms with Gasteiger partial charge in [-0.05, 0) is 32.5 Å². The van der Waals surface area contributed by atoms with Gasteiger partial charge in [0.1, 0.15) is 11.5 Å². The zero-order valence-corrected chi connectivity index (χ0v) is 10.7. The van der Waals surface area contributed by atoms with Crippen LogP contribution in [0.1, 0.15) is 29.8 Å². The Kier molecular flexibility index (Phi) is 3.64. The van der Waals surface area contributed by atoms with Gasteiger partial charge in [0, 0.05) is 5.69 Å². The maximum Gasteiger partial charge on any atom is 0.123 e. The molecule has 2 rings (SSSR count). The fourth-order valence-electron chi connectivity index (χ4n) is 1.72. The van der Waals surface area contributed by atoms with Crippen molar-refractivity contribution in [2.75, 3.05) is 6.54 Å². The first-order valence-electron chi connectivity index (χ1n) is 5.97. The average Bonchev–Trinajstić information content (AvgIpc) is 2.89. The fourth-order valence-corrected chi connectivity index (χ4v) is 1.72. The summed E-state index contributed by atoms with van der Waals surface area (Å²) in [5.41, 5.74) is 2.26. The number of rotatable bonds is 5. The monoisotopic (exact) mass is 233 g/mol. The summed E-state index contributed by atoms with van der Waals surface area (Å²) >= 11 is 0. The van der Waals surface area contributed by atoms with E-state index in [1.165, 1.54) is 5.69 Å². The Labute approximate surface area is 102 Å². The summed E-state index contributed by atoms with van der Waals surface area (Å²) in [4.78, 5) is 4.28. The Balaban J connectivity index is 2.04. The Morgan fingerprint density at radius 3 is 2.71 bits per heavy atom. The van der Waals surface area contributed by atoms with Crippen LogP contribution in [0.3, 0.4) is 0 Å². The highest BCUT2D eigenvalue weighted by atomic mass is 16.3. The Hall–Kier alpha value is -1.55. The van der Waals surface area contributed by atoms with Crippen LogP contribution < -0.4 is 5.32 Å². The van der Waals surface area contributed by atoms with Crippen LogP contribution in [0.2, 0.25) is 0 Å². The highest BCUT2D eigenvalue weighted by Gasteiger charge is 2.06. The van der Waals surface area contributed by atoms with Crippen LogP contribution in [0.4, 0.5) is 0 Å². The third-order valence-electron chi connectivity index (χ3n) is 2.94. The largest absolute Gasteiger partial charge is 0.463 e. The lowest BCUT2D eigenvalue weighted by molar-refractivity contribution is 0.438. The van der Waals surface area contributed by atoms with Crippen LogP contribution in [-0.4, -0.2) is 16.1 Å². The highest BCUT2D eigenvalue weighted by Crippen LogP contribution is 2.12. The van der Waals surface area contributed by atoms with Crippen molar-refractivity contribution in [1.29, 1.82) is 0 Å². The molecule has 0 aliphatic carbocycles. The second-order valence-electron chi connectivity index (χ2n) is 4.19. The highest BCUT2D eigenvalue weighted by molar-refractivity contribution is 5.12. The number of imidazole rings is 1. The lowest BCUT2D eigenvalue weighted by Gasteiger charge is -2.02. The van der Waals surface area contributed by atoms with Crippen LogP contribution in [0, 0.1) is 13.8 Å². The van der Waals surface area contributed by atoms with E-state index in [4.69, 9.17) is 4.42 Å². The van der Waals surface area contributed by atoms with E-state index in [2.05, 4.69) is 28.7 Å². The molecular weight excluding hydrogens is 214 g/mol. The summed E-state index contributed by atoms with van der Waals surface area (Å²) in [7, 11) is 0. The van der Waals surface area contributed by atoms with E-state index >= 15 is 0 Å². The van der Waals surface area contributed by atoms with E-state index in [0.717, 1.165) is 36.8 Å². The quantitative estimate of drug-likeness (QED) is 0.861. The van der Waals surface area contributed by atoms with Crippen molar-refractivity contribution in [2.45, 2.75) is 33.9 Å². The molecule has 0 unspecified atom stereocenters. The molecule has 2 aromatic rings. The molecular formula is C13H19N3O. The van der Waals surface area contributed by atoms with Gasteiger partial charge in [-0.15, -0.1) is 0 Å². The van der Waals surface area contributed by atoms with E-state index < -0.39 is 0 Å². The van der Waals surface area contributed by atoms with Crippen LogP contribution in [-0.2, 0) is 13.1 Å². The summed E-state index contributed by atoms with van der Waals surface area (Å²) in [6.07, 6.45) is 1.86. The summed E-state index contributed by atoms with van der Waals surface area (Å²) in [5, 5.41) is 3.24. The summed E-state index contributed by atoms with van der Waals surface area (Å²) < 4.78 is 7.85.